The van der Waals surface area contributed by atoms with Gasteiger partial charge in [-0.25, -0.2) is 18.1 Å². The lowest BCUT2D eigenvalue weighted by Gasteiger charge is -2.27. The number of halogens is 2. The van der Waals surface area contributed by atoms with Gasteiger partial charge < -0.3 is 9.64 Å². The molecule has 4 rings (SSSR count). The number of carbonyl (C=O) groups is 1. The van der Waals surface area contributed by atoms with E-state index in [0.29, 0.717) is 16.6 Å². The maximum absolute atomic E-state index is 14.3. The Balaban J connectivity index is 1.73. The van der Waals surface area contributed by atoms with Crippen molar-refractivity contribution in [3.8, 4) is 0 Å². The normalized spacial score (nSPS) is 16.9. The molecule has 1 aromatic carbocycles. The predicted molar refractivity (Wildman–Crippen MR) is 96.8 cm³/mol. The molecule has 0 aliphatic carbocycles. The number of pyridine rings is 1. The van der Waals surface area contributed by atoms with Gasteiger partial charge in [-0.2, -0.15) is 5.10 Å². The third kappa shape index (κ3) is 3.13. The van der Waals surface area contributed by atoms with E-state index in [1.807, 2.05) is 17.0 Å². The molecule has 3 aromatic rings. The Bertz CT molecular complexity index is 1000. The van der Waals surface area contributed by atoms with Gasteiger partial charge in [-0.3, -0.25) is 0 Å². The monoisotopic (exact) mass is 371 g/mol. The highest BCUT2D eigenvalue weighted by Gasteiger charge is 2.29. The summed E-state index contributed by atoms with van der Waals surface area (Å²) in [6.07, 6.45) is 4.83. The van der Waals surface area contributed by atoms with E-state index >= 15 is 0 Å². The number of ether oxygens (including phenoxy) is 1. The summed E-state index contributed by atoms with van der Waals surface area (Å²) in [5, 5.41) is 4.18. The van der Waals surface area contributed by atoms with Crippen LogP contribution < -0.4 is 4.90 Å². The maximum atomic E-state index is 14.3. The van der Waals surface area contributed by atoms with Crippen molar-refractivity contribution >= 4 is 17.2 Å². The van der Waals surface area contributed by atoms with E-state index < -0.39 is 17.6 Å². The van der Waals surface area contributed by atoms with Crippen LogP contribution in [0.2, 0.25) is 0 Å². The average molecular weight is 371 g/mol. The Labute approximate surface area is 155 Å². The second-order valence-corrected chi connectivity index (χ2v) is 6.51. The first-order chi connectivity index (χ1) is 13.1. The molecular formula is C20H19F2N3O2. The Morgan fingerprint density at radius 1 is 1.30 bits per heavy atom. The molecule has 2 aromatic heterocycles. The Hall–Kier alpha value is -2.96. The lowest BCUT2D eigenvalue weighted by atomic mass is 10.0. The van der Waals surface area contributed by atoms with E-state index in [1.54, 1.807) is 17.6 Å². The van der Waals surface area contributed by atoms with Crippen LogP contribution in [0.5, 0.6) is 0 Å². The number of hydrogen-bond donors (Lipinski definition) is 0. The Kier molecular flexibility index (Phi) is 4.51. The third-order valence-corrected chi connectivity index (χ3v) is 4.90. The van der Waals surface area contributed by atoms with Gasteiger partial charge in [0.25, 0.3) is 0 Å². The standard InChI is InChI=1S/C20H19F2N3O2/c1-2-27-20(26)16-12-23-25-9-7-14(11-19(16)25)24-8-3-4-18(24)15-10-13(21)5-6-17(15)22/h5-7,9-12,18H,2-4,8H2,1H3. The summed E-state index contributed by atoms with van der Waals surface area (Å²) in [5.74, 6) is -1.29. The molecule has 0 bridgehead atoms. The number of benzene rings is 1. The van der Waals surface area contributed by atoms with Gasteiger partial charge in [0.15, 0.2) is 0 Å². The minimum atomic E-state index is -0.450. The summed E-state index contributed by atoms with van der Waals surface area (Å²) in [4.78, 5) is 14.2. The Morgan fingerprint density at radius 3 is 2.96 bits per heavy atom. The largest absolute Gasteiger partial charge is 0.462 e. The summed E-state index contributed by atoms with van der Waals surface area (Å²) in [6, 6.07) is 7.01. The molecule has 0 saturated carbocycles. The second-order valence-electron chi connectivity index (χ2n) is 6.51. The van der Waals surface area contributed by atoms with E-state index in [1.165, 1.54) is 18.3 Å². The topological polar surface area (TPSA) is 46.8 Å². The molecule has 1 aliphatic heterocycles. The van der Waals surface area contributed by atoms with Crippen LogP contribution >= 0.6 is 0 Å². The summed E-state index contributed by atoms with van der Waals surface area (Å²) in [7, 11) is 0. The van der Waals surface area contributed by atoms with E-state index in [2.05, 4.69) is 5.10 Å². The van der Waals surface area contributed by atoms with E-state index in [9.17, 15) is 13.6 Å². The third-order valence-electron chi connectivity index (χ3n) is 4.90. The molecule has 7 heteroatoms. The molecule has 3 heterocycles. The first-order valence-corrected chi connectivity index (χ1v) is 8.94. The van der Waals surface area contributed by atoms with Crippen LogP contribution in [0.15, 0.2) is 42.7 Å². The number of rotatable bonds is 4. The lowest BCUT2D eigenvalue weighted by Crippen LogP contribution is -2.23. The highest BCUT2D eigenvalue weighted by molar-refractivity contribution is 5.97. The highest BCUT2D eigenvalue weighted by Crippen LogP contribution is 2.38. The maximum Gasteiger partial charge on any atom is 0.341 e. The molecule has 1 aliphatic rings. The van der Waals surface area contributed by atoms with E-state index in [-0.39, 0.29) is 12.6 Å². The molecule has 1 fully saturated rings. The molecule has 0 amide bonds. The van der Waals surface area contributed by atoms with Crippen molar-refractivity contribution in [1.29, 1.82) is 0 Å². The van der Waals surface area contributed by atoms with Crippen molar-refractivity contribution < 1.29 is 18.3 Å². The fourth-order valence-corrected chi connectivity index (χ4v) is 3.68. The van der Waals surface area contributed by atoms with Gasteiger partial charge >= 0.3 is 5.97 Å². The number of carbonyl (C=O) groups excluding carboxylic acids is 1. The zero-order valence-electron chi connectivity index (χ0n) is 14.9. The first kappa shape index (κ1) is 17.5. The zero-order chi connectivity index (χ0) is 19.0. The van der Waals surface area contributed by atoms with Crippen LogP contribution in [-0.2, 0) is 4.74 Å². The summed E-state index contributed by atoms with van der Waals surface area (Å²) in [5.41, 5.74) is 2.19. The van der Waals surface area contributed by atoms with Gasteiger partial charge in [0.05, 0.1) is 24.4 Å². The molecular weight excluding hydrogens is 352 g/mol. The summed E-state index contributed by atoms with van der Waals surface area (Å²) >= 11 is 0. The van der Waals surface area contributed by atoms with Gasteiger partial charge in [0.2, 0.25) is 0 Å². The summed E-state index contributed by atoms with van der Waals surface area (Å²) in [6.45, 7) is 2.75. The molecule has 0 spiro atoms. The number of esters is 1. The minimum Gasteiger partial charge on any atom is -0.462 e. The first-order valence-electron chi connectivity index (χ1n) is 8.94. The molecule has 140 valence electrons. The smallest absolute Gasteiger partial charge is 0.341 e. The quantitative estimate of drug-likeness (QED) is 0.647. The van der Waals surface area contributed by atoms with Crippen LogP contribution in [-0.4, -0.2) is 28.7 Å². The number of hydrogen-bond acceptors (Lipinski definition) is 4. The van der Waals surface area contributed by atoms with Crippen LogP contribution in [0.25, 0.3) is 5.52 Å². The van der Waals surface area contributed by atoms with Crippen LogP contribution in [0, 0.1) is 11.6 Å². The molecule has 1 saturated heterocycles. The fourth-order valence-electron chi connectivity index (χ4n) is 3.68. The van der Waals surface area contributed by atoms with E-state index in [4.69, 9.17) is 4.74 Å². The van der Waals surface area contributed by atoms with E-state index in [0.717, 1.165) is 31.1 Å². The van der Waals surface area contributed by atoms with Crippen molar-refractivity contribution in [2.45, 2.75) is 25.8 Å². The predicted octanol–water partition coefficient (Wildman–Crippen LogP) is 4.13. The van der Waals surface area contributed by atoms with Gasteiger partial charge in [-0.15, -0.1) is 0 Å². The van der Waals surface area contributed by atoms with Crippen molar-refractivity contribution in [3.05, 3.63) is 65.5 Å². The number of nitrogens with zero attached hydrogens (tertiary/aromatic N) is 3. The van der Waals surface area contributed by atoms with Crippen LogP contribution in [0.4, 0.5) is 14.5 Å². The number of aromatic nitrogens is 2. The van der Waals surface area contributed by atoms with Crippen molar-refractivity contribution in [1.82, 2.24) is 9.61 Å². The van der Waals surface area contributed by atoms with Crippen LogP contribution in [0.3, 0.4) is 0 Å². The molecule has 1 unspecified atom stereocenters. The fraction of sp³-hybridized carbons (Fsp3) is 0.300. The van der Waals surface area contributed by atoms with Crippen molar-refractivity contribution in [2.75, 3.05) is 18.1 Å². The van der Waals surface area contributed by atoms with Gasteiger partial charge in [0, 0.05) is 24.0 Å². The second kappa shape index (κ2) is 6.98. The molecule has 0 N–H and O–H groups in total. The highest BCUT2D eigenvalue weighted by atomic mass is 19.1. The van der Waals surface area contributed by atoms with Crippen LogP contribution in [0.1, 0.15) is 41.7 Å². The number of fused-ring (bicyclic) bond motifs is 1. The molecule has 27 heavy (non-hydrogen) atoms. The van der Waals surface area contributed by atoms with Gasteiger partial charge in [-0.1, -0.05) is 0 Å². The SMILES string of the molecule is CCOC(=O)c1cnn2ccc(N3CCCC3c3cc(F)ccc3F)cc12. The van der Waals surface area contributed by atoms with Gasteiger partial charge in [-0.05, 0) is 50.1 Å². The van der Waals surface area contributed by atoms with Crippen molar-refractivity contribution in [2.24, 2.45) is 0 Å². The van der Waals surface area contributed by atoms with Gasteiger partial charge in [0.1, 0.15) is 17.2 Å². The number of anilines is 1. The lowest BCUT2D eigenvalue weighted by molar-refractivity contribution is 0.0528. The molecule has 5 nitrogen and oxygen atoms in total. The molecule has 0 radical (unpaired) electrons. The molecule has 1 atom stereocenters. The van der Waals surface area contributed by atoms with Crippen molar-refractivity contribution in [3.63, 3.8) is 0 Å². The minimum absolute atomic E-state index is 0.253. The Morgan fingerprint density at radius 2 is 2.15 bits per heavy atom. The zero-order valence-corrected chi connectivity index (χ0v) is 14.9. The average Bonchev–Trinajstić information content (AvgIpc) is 3.30. The summed E-state index contributed by atoms with van der Waals surface area (Å²) < 4.78 is 34.6.